The van der Waals surface area contributed by atoms with Gasteiger partial charge in [0.25, 0.3) is 0 Å². The minimum Gasteiger partial charge on any atom is -0.314 e. The number of rotatable bonds is 8. The van der Waals surface area contributed by atoms with Crippen LogP contribution in [-0.4, -0.2) is 37.6 Å². The fourth-order valence-corrected chi connectivity index (χ4v) is 3.55. The lowest BCUT2D eigenvalue weighted by Crippen LogP contribution is -2.41. The lowest BCUT2D eigenvalue weighted by atomic mass is 9.88. The Morgan fingerprint density at radius 3 is 2.35 bits per heavy atom. The molecular formula is C20H33ClN2. The van der Waals surface area contributed by atoms with Crippen LogP contribution in [0.15, 0.2) is 24.3 Å². The summed E-state index contributed by atoms with van der Waals surface area (Å²) in [5.41, 5.74) is 1.44. The van der Waals surface area contributed by atoms with Crippen LogP contribution in [0.2, 0.25) is 5.02 Å². The summed E-state index contributed by atoms with van der Waals surface area (Å²) in [7, 11) is 2.22. The third-order valence-corrected chi connectivity index (χ3v) is 5.33. The molecule has 1 aromatic rings. The van der Waals surface area contributed by atoms with E-state index in [9.17, 15) is 0 Å². The monoisotopic (exact) mass is 336 g/mol. The van der Waals surface area contributed by atoms with Crippen molar-refractivity contribution < 1.29 is 0 Å². The first-order valence-electron chi connectivity index (χ1n) is 9.22. The Hall–Kier alpha value is -0.570. The van der Waals surface area contributed by atoms with Crippen molar-refractivity contribution in [1.82, 2.24) is 10.2 Å². The minimum atomic E-state index is 0.647. The van der Waals surface area contributed by atoms with Gasteiger partial charge in [-0.05, 0) is 81.9 Å². The van der Waals surface area contributed by atoms with Crippen LogP contribution in [0.1, 0.15) is 57.4 Å². The fourth-order valence-electron chi connectivity index (χ4n) is 3.42. The molecule has 1 aromatic carbocycles. The molecule has 23 heavy (non-hydrogen) atoms. The molecule has 1 N–H and O–H groups in total. The van der Waals surface area contributed by atoms with Crippen molar-refractivity contribution in [2.75, 3.05) is 26.7 Å². The van der Waals surface area contributed by atoms with E-state index in [0.717, 1.165) is 17.5 Å². The lowest BCUT2D eigenvalue weighted by Gasteiger charge is -2.30. The van der Waals surface area contributed by atoms with E-state index >= 15 is 0 Å². The SMILES string of the molecule is CC(C)CC[C@@H](CCNC1CCN(C)CC1)c1ccc(Cl)cc1. The van der Waals surface area contributed by atoms with Crippen molar-refractivity contribution in [2.24, 2.45) is 5.92 Å². The second-order valence-corrected chi connectivity index (χ2v) is 7.98. The standard InChI is InChI=1S/C20H33ClN2/c1-16(2)4-5-18(17-6-8-19(21)9-7-17)10-13-22-20-11-14-23(3)15-12-20/h6-9,16,18,20,22H,4-5,10-15H2,1-3H3/t18-/m0/s1. The Labute approximate surface area is 147 Å². The summed E-state index contributed by atoms with van der Waals surface area (Å²) in [6.45, 7) is 8.21. The van der Waals surface area contributed by atoms with Gasteiger partial charge in [-0.15, -0.1) is 0 Å². The first-order valence-corrected chi connectivity index (χ1v) is 9.59. The molecule has 0 amide bonds. The zero-order valence-corrected chi connectivity index (χ0v) is 15.8. The van der Waals surface area contributed by atoms with Gasteiger partial charge in [0.05, 0.1) is 0 Å². The molecule has 130 valence electrons. The fraction of sp³-hybridized carbons (Fsp3) is 0.700. The topological polar surface area (TPSA) is 15.3 Å². The van der Waals surface area contributed by atoms with Crippen LogP contribution in [0.3, 0.4) is 0 Å². The summed E-state index contributed by atoms with van der Waals surface area (Å²) >= 11 is 6.05. The molecule has 0 saturated carbocycles. The van der Waals surface area contributed by atoms with Gasteiger partial charge < -0.3 is 10.2 Å². The summed E-state index contributed by atoms with van der Waals surface area (Å²) < 4.78 is 0. The highest BCUT2D eigenvalue weighted by Gasteiger charge is 2.17. The molecule has 2 nitrogen and oxygen atoms in total. The van der Waals surface area contributed by atoms with Crippen molar-refractivity contribution in [3.8, 4) is 0 Å². The molecule has 1 aliphatic heterocycles. The predicted molar refractivity (Wildman–Crippen MR) is 101 cm³/mol. The van der Waals surface area contributed by atoms with Crippen LogP contribution in [0.4, 0.5) is 0 Å². The summed E-state index contributed by atoms with van der Waals surface area (Å²) in [5, 5.41) is 4.62. The van der Waals surface area contributed by atoms with Gasteiger partial charge in [-0.3, -0.25) is 0 Å². The molecule has 1 heterocycles. The third-order valence-electron chi connectivity index (χ3n) is 5.08. The number of hydrogen-bond acceptors (Lipinski definition) is 2. The first-order chi connectivity index (χ1) is 11.0. The van der Waals surface area contributed by atoms with Gasteiger partial charge in [-0.1, -0.05) is 44.0 Å². The zero-order valence-electron chi connectivity index (χ0n) is 15.0. The summed E-state index contributed by atoms with van der Waals surface area (Å²) in [5.74, 6) is 1.42. The molecule has 2 rings (SSSR count). The smallest absolute Gasteiger partial charge is 0.0406 e. The second kappa shape index (κ2) is 9.66. The summed E-state index contributed by atoms with van der Waals surface area (Å²) in [6.07, 6.45) is 6.36. The molecule has 0 bridgehead atoms. The minimum absolute atomic E-state index is 0.647. The normalized spacial score (nSPS) is 18.5. The first kappa shape index (κ1) is 18.8. The Balaban J connectivity index is 1.83. The highest BCUT2D eigenvalue weighted by atomic mass is 35.5. The van der Waals surface area contributed by atoms with Crippen LogP contribution < -0.4 is 5.32 Å². The molecular weight excluding hydrogens is 304 g/mol. The van der Waals surface area contributed by atoms with Gasteiger partial charge in [-0.25, -0.2) is 0 Å². The number of nitrogens with zero attached hydrogens (tertiary/aromatic N) is 1. The van der Waals surface area contributed by atoms with E-state index in [1.54, 1.807) is 0 Å². The highest BCUT2D eigenvalue weighted by molar-refractivity contribution is 6.30. The maximum atomic E-state index is 6.05. The van der Waals surface area contributed by atoms with Crippen LogP contribution in [-0.2, 0) is 0 Å². The number of piperidine rings is 1. The zero-order chi connectivity index (χ0) is 16.7. The Bertz CT molecular complexity index is 435. The summed E-state index contributed by atoms with van der Waals surface area (Å²) in [4.78, 5) is 2.43. The molecule has 1 atom stereocenters. The van der Waals surface area contributed by atoms with Crippen LogP contribution in [0.5, 0.6) is 0 Å². The van der Waals surface area contributed by atoms with Crippen LogP contribution >= 0.6 is 11.6 Å². The van der Waals surface area contributed by atoms with Crippen LogP contribution in [0, 0.1) is 5.92 Å². The van der Waals surface area contributed by atoms with Gasteiger partial charge in [-0.2, -0.15) is 0 Å². The molecule has 0 aliphatic carbocycles. The molecule has 0 radical (unpaired) electrons. The Morgan fingerprint density at radius 1 is 1.09 bits per heavy atom. The number of benzene rings is 1. The maximum Gasteiger partial charge on any atom is 0.0406 e. The van der Waals surface area contributed by atoms with Crippen molar-refractivity contribution in [2.45, 2.75) is 57.9 Å². The van der Waals surface area contributed by atoms with Gasteiger partial charge in [0.2, 0.25) is 0 Å². The van der Waals surface area contributed by atoms with Crippen LogP contribution in [0.25, 0.3) is 0 Å². The van der Waals surface area contributed by atoms with E-state index in [1.807, 2.05) is 12.1 Å². The molecule has 1 fully saturated rings. The lowest BCUT2D eigenvalue weighted by molar-refractivity contribution is 0.233. The van der Waals surface area contributed by atoms with E-state index in [0.29, 0.717) is 12.0 Å². The Kier molecular flexibility index (Phi) is 7.88. The molecule has 1 saturated heterocycles. The molecule has 1 aliphatic rings. The number of hydrogen-bond donors (Lipinski definition) is 1. The molecule has 0 aromatic heterocycles. The van der Waals surface area contributed by atoms with Gasteiger partial charge in [0.1, 0.15) is 0 Å². The van der Waals surface area contributed by atoms with Crippen molar-refractivity contribution >= 4 is 11.6 Å². The largest absolute Gasteiger partial charge is 0.314 e. The maximum absolute atomic E-state index is 6.05. The Morgan fingerprint density at radius 2 is 1.74 bits per heavy atom. The van der Waals surface area contributed by atoms with Crippen molar-refractivity contribution in [1.29, 1.82) is 0 Å². The van der Waals surface area contributed by atoms with E-state index in [2.05, 4.69) is 43.2 Å². The molecule has 3 heteroatoms. The number of nitrogens with one attached hydrogen (secondary N) is 1. The second-order valence-electron chi connectivity index (χ2n) is 7.54. The van der Waals surface area contributed by atoms with E-state index < -0.39 is 0 Å². The van der Waals surface area contributed by atoms with Crippen molar-refractivity contribution in [3.05, 3.63) is 34.9 Å². The van der Waals surface area contributed by atoms with E-state index in [4.69, 9.17) is 11.6 Å². The quantitative estimate of drug-likeness (QED) is 0.723. The molecule has 0 unspecified atom stereocenters. The van der Waals surface area contributed by atoms with Gasteiger partial charge in [0.15, 0.2) is 0 Å². The molecule has 0 spiro atoms. The summed E-state index contributed by atoms with van der Waals surface area (Å²) in [6, 6.07) is 9.20. The number of likely N-dealkylation sites (tertiary alicyclic amines) is 1. The highest BCUT2D eigenvalue weighted by Crippen LogP contribution is 2.27. The third kappa shape index (κ3) is 6.82. The van der Waals surface area contributed by atoms with Gasteiger partial charge >= 0.3 is 0 Å². The number of halogens is 1. The van der Waals surface area contributed by atoms with E-state index in [-0.39, 0.29) is 0 Å². The average molecular weight is 337 g/mol. The predicted octanol–water partition coefficient (Wildman–Crippen LogP) is 4.93. The van der Waals surface area contributed by atoms with Crippen molar-refractivity contribution in [3.63, 3.8) is 0 Å². The van der Waals surface area contributed by atoms with Gasteiger partial charge in [0, 0.05) is 11.1 Å². The average Bonchev–Trinajstić information content (AvgIpc) is 2.53. The van der Waals surface area contributed by atoms with E-state index in [1.165, 1.54) is 50.8 Å².